The van der Waals surface area contributed by atoms with Crippen LogP contribution in [0.3, 0.4) is 0 Å². The second-order valence-corrected chi connectivity index (χ2v) is 7.75. The molecule has 7 heteroatoms. The third-order valence-electron chi connectivity index (χ3n) is 4.85. The molecule has 4 rings (SSSR count). The Morgan fingerprint density at radius 3 is 2.13 bits per heavy atom. The Kier molecular flexibility index (Phi) is 5.95. The minimum Gasteiger partial charge on any atom is -0.268 e. The number of thioether (sulfide) groups is 1. The lowest BCUT2D eigenvalue weighted by atomic mass is 10.00. The number of aromatic nitrogens is 2. The molecular weight excluding hydrogens is 421 g/mol. The van der Waals surface area contributed by atoms with Crippen molar-refractivity contribution < 1.29 is 13.2 Å². The van der Waals surface area contributed by atoms with Crippen molar-refractivity contribution in [3.05, 3.63) is 106 Å². The summed E-state index contributed by atoms with van der Waals surface area (Å²) in [6.07, 6.45) is 1.97. The van der Waals surface area contributed by atoms with Gasteiger partial charge in [-0.05, 0) is 42.2 Å². The zero-order valence-corrected chi connectivity index (χ0v) is 17.3. The lowest BCUT2D eigenvalue weighted by Gasteiger charge is -2.13. The first-order valence-corrected chi connectivity index (χ1v) is 10.6. The Morgan fingerprint density at radius 2 is 1.48 bits per heavy atom. The van der Waals surface area contributed by atoms with Crippen molar-refractivity contribution in [3.8, 4) is 22.4 Å². The van der Waals surface area contributed by atoms with Crippen LogP contribution >= 0.6 is 11.8 Å². The minimum absolute atomic E-state index is 0.147. The zero-order valence-electron chi connectivity index (χ0n) is 16.5. The van der Waals surface area contributed by atoms with Gasteiger partial charge in [0.25, 0.3) is 5.56 Å². The first kappa shape index (κ1) is 20.9. The van der Waals surface area contributed by atoms with Gasteiger partial charge in [-0.25, -0.2) is 17.9 Å². The number of nitrogens with zero attached hydrogens (tertiary/aromatic N) is 2. The van der Waals surface area contributed by atoms with Crippen LogP contribution in [0.15, 0.2) is 82.5 Å². The molecule has 0 aliphatic rings. The van der Waals surface area contributed by atoms with E-state index >= 15 is 0 Å². The van der Waals surface area contributed by atoms with E-state index in [2.05, 4.69) is 5.10 Å². The highest BCUT2D eigenvalue weighted by atomic mass is 32.2. The zero-order chi connectivity index (χ0) is 22.0. The maximum atomic E-state index is 14.1. The summed E-state index contributed by atoms with van der Waals surface area (Å²) < 4.78 is 41.9. The molecule has 0 saturated heterocycles. The normalized spacial score (nSPS) is 11.0. The van der Waals surface area contributed by atoms with Crippen molar-refractivity contribution in [2.24, 2.45) is 0 Å². The molecule has 0 unspecified atom stereocenters. The first-order valence-electron chi connectivity index (χ1n) is 9.41. The van der Waals surface area contributed by atoms with Gasteiger partial charge in [0.2, 0.25) is 0 Å². The molecule has 0 atom stereocenters. The minimum atomic E-state index is -0.748. The van der Waals surface area contributed by atoms with Crippen molar-refractivity contribution in [3.63, 3.8) is 0 Å². The molecule has 1 aromatic heterocycles. The van der Waals surface area contributed by atoms with Crippen LogP contribution in [-0.2, 0) is 6.54 Å². The van der Waals surface area contributed by atoms with Gasteiger partial charge < -0.3 is 0 Å². The fourth-order valence-electron chi connectivity index (χ4n) is 3.23. The standard InChI is InChI=1S/C24H17F3N2OS/c1-31-20-10-5-16(6-11-20)24-21(15-2-7-18(25)8-3-15)13-23(30)29(28-24)14-17-4-9-19(26)12-22(17)27/h2-13H,14H2,1H3. The van der Waals surface area contributed by atoms with Crippen LogP contribution < -0.4 is 5.56 Å². The summed E-state index contributed by atoms with van der Waals surface area (Å²) in [6.45, 7) is -0.148. The summed E-state index contributed by atoms with van der Waals surface area (Å²) in [5, 5.41) is 4.50. The first-order chi connectivity index (χ1) is 14.9. The highest BCUT2D eigenvalue weighted by Crippen LogP contribution is 2.30. The summed E-state index contributed by atoms with van der Waals surface area (Å²) in [5.41, 5.74) is 2.13. The second kappa shape index (κ2) is 8.81. The van der Waals surface area contributed by atoms with E-state index in [0.717, 1.165) is 27.3 Å². The maximum absolute atomic E-state index is 14.1. The predicted molar refractivity (Wildman–Crippen MR) is 117 cm³/mol. The van der Waals surface area contributed by atoms with Crippen LogP contribution in [0.1, 0.15) is 5.56 Å². The quantitative estimate of drug-likeness (QED) is 0.371. The molecule has 0 spiro atoms. The molecule has 0 N–H and O–H groups in total. The summed E-state index contributed by atoms with van der Waals surface area (Å²) in [6, 6.07) is 18.0. The molecule has 0 aliphatic carbocycles. The molecule has 31 heavy (non-hydrogen) atoms. The van der Waals surface area contributed by atoms with Crippen LogP contribution in [0, 0.1) is 17.5 Å². The molecule has 1 heterocycles. The van der Waals surface area contributed by atoms with E-state index in [1.807, 2.05) is 30.5 Å². The summed E-state index contributed by atoms with van der Waals surface area (Å²) in [5.74, 6) is -1.83. The van der Waals surface area contributed by atoms with Crippen molar-refractivity contribution in [2.45, 2.75) is 11.4 Å². The average Bonchev–Trinajstić information content (AvgIpc) is 2.77. The average molecular weight is 438 g/mol. The molecule has 0 bridgehead atoms. The SMILES string of the molecule is CSc1ccc(-c2nn(Cc3ccc(F)cc3F)c(=O)cc2-c2ccc(F)cc2)cc1. The van der Waals surface area contributed by atoms with Gasteiger partial charge in [-0.15, -0.1) is 11.8 Å². The number of hydrogen-bond acceptors (Lipinski definition) is 3. The van der Waals surface area contributed by atoms with Gasteiger partial charge in [0.1, 0.15) is 17.5 Å². The molecule has 0 saturated carbocycles. The molecule has 0 amide bonds. The van der Waals surface area contributed by atoms with E-state index in [9.17, 15) is 18.0 Å². The van der Waals surface area contributed by atoms with Crippen LogP contribution in [0.5, 0.6) is 0 Å². The van der Waals surface area contributed by atoms with E-state index in [4.69, 9.17) is 0 Å². The van der Waals surface area contributed by atoms with E-state index < -0.39 is 17.2 Å². The third-order valence-corrected chi connectivity index (χ3v) is 5.60. The van der Waals surface area contributed by atoms with Gasteiger partial charge in [0.05, 0.1) is 12.2 Å². The predicted octanol–water partition coefficient (Wildman–Crippen LogP) is 5.76. The Balaban J connectivity index is 1.86. The van der Waals surface area contributed by atoms with Gasteiger partial charge >= 0.3 is 0 Å². The monoisotopic (exact) mass is 438 g/mol. The summed E-state index contributed by atoms with van der Waals surface area (Å²) in [4.78, 5) is 13.8. The largest absolute Gasteiger partial charge is 0.268 e. The lowest BCUT2D eigenvalue weighted by Crippen LogP contribution is -2.24. The summed E-state index contributed by atoms with van der Waals surface area (Å²) >= 11 is 1.60. The molecule has 3 nitrogen and oxygen atoms in total. The van der Waals surface area contributed by atoms with Crippen molar-refractivity contribution in [2.75, 3.05) is 6.26 Å². The van der Waals surface area contributed by atoms with Gasteiger partial charge in [-0.2, -0.15) is 5.10 Å². The molecule has 3 aromatic carbocycles. The number of benzene rings is 3. The fraction of sp³-hybridized carbons (Fsp3) is 0.0833. The van der Waals surface area contributed by atoms with E-state index in [-0.39, 0.29) is 17.9 Å². The third kappa shape index (κ3) is 4.56. The van der Waals surface area contributed by atoms with Crippen LogP contribution in [0.2, 0.25) is 0 Å². The van der Waals surface area contributed by atoms with Crippen molar-refractivity contribution in [1.82, 2.24) is 9.78 Å². The highest BCUT2D eigenvalue weighted by molar-refractivity contribution is 7.98. The Bertz CT molecular complexity index is 1290. The van der Waals surface area contributed by atoms with Gasteiger partial charge in [0.15, 0.2) is 0 Å². The smallest absolute Gasteiger partial charge is 0.267 e. The lowest BCUT2D eigenvalue weighted by molar-refractivity contribution is 0.552. The molecule has 156 valence electrons. The van der Waals surface area contributed by atoms with E-state index in [1.54, 1.807) is 23.9 Å². The van der Waals surface area contributed by atoms with Gasteiger partial charge in [-0.3, -0.25) is 4.79 Å². The maximum Gasteiger partial charge on any atom is 0.267 e. The number of hydrogen-bond donors (Lipinski definition) is 0. The van der Waals surface area contributed by atoms with E-state index in [1.165, 1.54) is 24.3 Å². The van der Waals surface area contributed by atoms with Crippen LogP contribution in [0.4, 0.5) is 13.2 Å². The van der Waals surface area contributed by atoms with Crippen molar-refractivity contribution in [1.29, 1.82) is 0 Å². The topological polar surface area (TPSA) is 34.9 Å². The molecule has 0 aliphatic heterocycles. The van der Waals surface area contributed by atoms with Gasteiger partial charge in [-0.1, -0.05) is 30.3 Å². The van der Waals surface area contributed by atoms with Crippen LogP contribution in [-0.4, -0.2) is 16.0 Å². The Labute approximate surface area is 181 Å². The Morgan fingerprint density at radius 1 is 0.839 bits per heavy atom. The summed E-state index contributed by atoms with van der Waals surface area (Å²) in [7, 11) is 0. The molecule has 4 aromatic rings. The van der Waals surface area contributed by atoms with Crippen LogP contribution in [0.25, 0.3) is 22.4 Å². The van der Waals surface area contributed by atoms with Crippen molar-refractivity contribution >= 4 is 11.8 Å². The second-order valence-electron chi connectivity index (χ2n) is 6.87. The molecule has 0 radical (unpaired) electrons. The number of halogens is 3. The Hall–Kier alpha value is -3.32. The molecular formula is C24H17F3N2OS. The van der Waals surface area contributed by atoms with E-state index in [0.29, 0.717) is 16.8 Å². The van der Waals surface area contributed by atoms with Gasteiger partial charge in [0, 0.05) is 33.7 Å². The molecule has 0 fully saturated rings. The number of rotatable bonds is 5. The highest BCUT2D eigenvalue weighted by Gasteiger charge is 2.15. The fourth-order valence-corrected chi connectivity index (χ4v) is 3.63.